The van der Waals surface area contributed by atoms with Crippen LogP contribution in [0.25, 0.3) is 0 Å². The van der Waals surface area contributed by atoms with Crippen LogP contribution in [0.4, 0.5) is 11.6 Å². The van der Waals surface area contributed by atoms with E-state index in [9.17, 15) is 10.1 Å². The summed E-state index contributed by atoms with van der Waals surface area (Å²) in [6.45, 7) is 2.37. The lowest BCUT2D eigenvalue weighted by Gasteiger charge is -2.06. The van der Waals surface area contributed by atoms with Crippen LogP contribution in [-0.2, 0) is 0 Å². The molecule has 2 rings (SSSR count). The lowest BCUT2D eigenvalue weighted by atomic mass is 10.3. The van der Waals surface area contributed by atoms with Gasteiger partial charge in [0.15, 0.2) is 0 Å². The standard InChI is InChI=1S/C12H13N5O4/c1-2-6-20-11-14-10(13)15-12(16-11)21-9-5-3-4-8(7-9)17(18)19/h3-5,7H,2,6H2,1H3,(H2,13,14,15,16). The SMILES string of the molecule is CCCOc1nc(N)nc(Oc2cccc([N+](=O)[O-])c2)n1. The molecule has 1 aromatic heterocycles. The number of nitrogens with two attached hydrogens (primary N) is 1. The molecule has 0 aliphatic heterocycles. The number of anilines is 1. The Morgan fingerprint density at radius 2 is 2.05 bits per heavy atom. The first kappa shape index (κ1) is 14.4. The van der Waals surface area contributed by atoms with Gasteiger partial charge in [-0.2, -0.15) is 9.97 Å². The van der Waals surface area contributed by atoms with E-state index in [1.807, 2.05) is 6.92 Å². The van der Waals surface area contributed by atoms with Crippen LogP contribution in [0.1, 0.15) is 13.3 Å². The molecular formula is C12H13N5O4. The minimum Gasteiger partial charge on any atom is -0.463 e. The van der Waals surface area contributed by atoms with Crippen molar-refractivity contribution in [2.45, 2.75) is 13.3 Å². The van der Waals surface area contributed by atoms with E-state index < -0.39 is 4.92 Å². The largest absolute Gasteiger partial charge is 0.463 e. The van der Waals surface area contributed by atoms with E-state index in [1.165, 1.54) is 18.2 Å². The molecule has 0 bridgehead atoms. The van der Waals surface area contributed by atoms with Gasteiger partial charge in [-0.3, -0.25) is 10.1 Å². The number of nitro groups is 1. The van der Waals surface area contributed by atoms with Gasteiger partial charge >= 0.3 is 12.0 Å². The Balaban J connectivity index is 2.20. The Morgan fingerprint density at radius 1 is 1.29 bits per heavy atom. The van der Waals surface area contributed by atoms with Crippen LogP contribution in [0, 0.1) is 10.1 Å². The Morgan fingerprint density at radius 3 is 2.76 bits per heavy atom. The maximum absolute atomic E-state index is 10.7. The van der Waals surface area contributed by atoms with Gasteiger partial charge in [0, 0.05) is 6.07 Å². The molecule has 0 radical (unpaired) electrons. The van der Waals surface area contributed by atoms with Crippen molar-refractivity contribution in [3.8, 4) is 17.8 Å². The zero-order chi connectivity index (χ0) is 15.2. The molecule has 0 spiro atoms. The zero-order valence-electron chi connectivity index (χ0n) is 11.2. The van der Waals surface area contributed by atoms with Crippen LogP contribution in [0.2, 0.25) is 0 Å². The fourth-order valence-electron chi connectivity index (χ4n) is 1.42. The second kappa shape index (κ2) is 6.46. The number of hydrogen-bond acceptors (Lipinski definition) is 8. The maximum Gasteiger partial charge on any atom is 0.330 e. The van der Waals surface area contributed by atoms with Crippen molar-refractivity contribution in [1.29, 1.82) is 0 Å². The smallest absolute Gasteiger partial charge is 0.330 e. The lowest BCUT2D eigenvalue weighted by molar-refractivity contribution is -0.384. The van der Waals surface area contributed by atoms with Crippen molar-refractivity contribution in [3.05, 3.63) is 34.4 Å². The molecule has 0 unspecified atom stereocenters. The van der Waals surface area contributed by atoms with Crippen LogP contribution in [0.3, 0.4) is 0 Å². The number of rotatable bonds is 6. The summed E-state index contributed by atoms with van der Waals surface area (Å²) in [5.41, 5.74) is 5.43. The number of nitro benzene ring substituents is 1. The second-order valence-electron chi connectivity index (χ2n) is 3.96. The van der Waals surface area contributed by atoms with Crippen LogP contribution < -0.4 is 15.2 Å². The average Bonchev–Trinajstić information content (AvgIpc) is 2.45. The average molecular weight is 291 g/mol. The van der Waals surface area contributed by atoms with E-state index in [2.05, 4.69) is 15.0 Å². The molecular weight excluding hydrogens is 278 g/mol. The predicted molar refractivity (Wildman–Crippen MR) is 73.2 cm³/mol. The fourth-order valence-corrected chi connectivity index (χ4v) is 1.42. The Bertz CT molecular complexity index is 649. The number of ether oxygens (including phenoxy) is 2. The predicted octanol–water partition coefficient (Wildman–Crippen LogP) is 1.94. The summed E-state index contributed by atoms with van der Waals surface area (Å²) in [6, 6.07) is 5.60. The van der Waals surface area contributed by atoms with Gasteiger partial charge in [-0.15, -0.1) is 4.98 Å². The molecule has 0 saturated heterocycles. The van der Waals surface area contributed by atoms with E-state index >= 15 is 0 Å². The van der Waals surface area contributed by atoms with Crippen LogP contribution >= 0.6 is 0 Å². The summed E-state index contributed by atoms with van der Waals surface area (Å²) >= 11 is 0. The summed E-state index contributed by atoms with van der Waals surface area (Å²) in [5, 5.41) is 10.7. The molecule has 110 valence electrons. The van der Waals surface area contributed by atoms with Crippen molar-refractivity contribution in [1.82, 2.24) is 15.0 Å². The third-order valence-corrected chi connectivity index (χ3v) is 2.28. The second-order valence-corrected chi connectivity index (χ2v) is 3.96. The molecule has 0 saturated carbocycles. The molecule has 1 heterocycles. The zero-order valence-corrected chi connectivity index (χ0v) is 11.2. The first-order valence-corrected chi connectivity index (χ1v) is 6.15. The number of benzene rings is 1. The molecule has 2 N–H and O–H groups in total. The molecule has 9 nitrogen and oxygen atoms in total. The molecule has 0 aliphatic rings. The molecule has 2 aromatic rings. The fraction of sp³-hybridized carbons (Fsp3) is 0.250. The molecule has 0 aliphatic carbocycles. The maximum atomic E-state index is 10.7. The monoisotopic (exact) mass is 291 g/mol. The highest BCUT2D eigenvalue weighted by molar-refractivity contribution is 5.39. The van der Waals surface area contributed by atoms with Gasteiger partial charge in [-0.1, -0.05) is 13.0 Å². The van der Waals surface area contributed by atoms with E-state index in [4.69, 9.17) is 15.2 Å². The van der Waals surface area contributed by atoms with Gasteiger partial charge in [0.1, 0.15) is 5.75 Å². The molecule has 21 heavy (non-hydrogen) atoms. The van der Waals surface area contributed by atoms with Crippen molar-refractivity contribution >= 4 is 11.6 Å². The summed E-state index contributed by atoms with van der Waals surface area (Å²) < 4.78 is 10.6. The first-order valence-electron chi connectivity index (χ1n) is 6.15. The quantitative estimate of drug-likeness (QED) is 0.632. The Kier molecular flexibility index (Phi) is 4.44. The summed E-state index contributed by atoms with van der Waals surface area (Å²) in [6.07, 6.45) is 0.784. The van der Waals surface area contributed by atoms with Gasteiger partial charge < -0.3 is 15.2 Å². The third-order valence-electron chi connectivity index (χ3n) is 2.28. The molecule has 1 aromatic carbocycles. The lowest BCUT2D eigenvalue weighted by Crippen LogP contribution is -2.05. The van der Waals surface area contributed by atoms with E-state index in [0.29, 0.717) is 6.61 Å². The van der Waals surface area contributed by atoms with Crippen molar-refractivity contribution in [2.75, 3.05) is 12.3 Å². The molecule has 0 amide bonds. The van der Waals surface area contributed by atoms with Gasteiger partial charge in [0.2, 0.25) is 5.95 Å². The molecule has 0 fully saturated rings. The van der Waals surface area contributed by atoms with Gasteiger partial charge in [-0.25, -0.2) is 0 Å². The van der Waals surface area contributed by atoms with Crippen LogP contribution in [0.15, 0.2) is 24.3 Å². The molecule has 9 heteroatoms. The number of non-ortho nitro benzene ring substituents is 1. The highest BCUT2D eigenvalue weighted by Crippen LogP contribution is 2.24. The third kappa shape index (κ3) is 4.00. The summed E-state index contributed by atoms with van der Waals surface area (Å²) in [5.74, 6) is 0.160. The number of hydrogen-bond donors (Lipinski definition) is 1. The van der Waals surface area contributed by atoms with Crippen molar-refractivity contribution in [3.63, 3.8) is 0 Å². The van der Waals surface area contributed by atoms with Crippen molar-refractivity contribution < 1.29 is 14.4 Å². The van der Waals surface area contributed by atoms with E-state index in [-0.39, 0.29) is 29.4 Å². The number of nitrogens with zero attached hydrogens (tertiary/aromatic N) is 4. The highest BCUT2D eigenvalue weighted by atomic mass is 16.6. The Hall–Kier alpha value is -2.97. The Labute approximate surface area is 119 Å². The number of aromatic nitrogens is 3. The van der Waals surface area contributed by atoms with Crippen LogP contribution in [-0.4, -0.2) is 26.5 Å². The highest BCUT2D eigenvalue weighted by Gasteiger charge is 2.11. The summed E-state index contributed by atoms with van der Waals surface area (Å²) in [4.78, 5) is 21.7. The minimum atomic E-state index is -0.523. The van der Waals surface area contributed by atoms with E-state index in [1.54, 1.807) is 6.07 Å². The first-order chi connectivity index (χ1) is 10.1. The normalized spacial score (nSPS) is 10.1. The number of nitrogen functional groups attached to an aromatic ring is 1. The van der Waals surface area contributed by atoms with Gasteiger partial charge in [-0.05, 0) is 12.5 Å². The van der Waals surface area contributed by atoms with Gasteiger partial charge in [0.05, 0.1) is 17.6 Å². The molecule has 0 atom stereocenters. The van der Waals surface area contributed by atoms with E-state index in [0.717, 1.165) is 6.42 Å². The summed E-state index contributed by atoms with van der Waals surface area (Å²) in [7, 11) is 0. The van der Waals surface area contributed by atoms with Crippen molar-refractivity contribution in [2.24, 2.45) is 0 Å². The minimum absolute atomic E-state index is 0.0461. The van der Waals surface area contributed by atoms with Crippen LogP contribution in [0.5, 0.6) is 17.8 Å². The topological polar surface area (TPSA) is 126 Å². The van der Waals surface area contributed by atoms with Gasteiger partial charge in [0.25, 0.3) is 5.69 Å².